The summed E-state index contributed by atoms with van der Waals surface area (Å²) in [6.45, 7) is 10.4. The van der Waals surface area contributed by atoms with Crippen LogP contribution >= 0.6 is 24.8 Å². The van der Waals surface area contributed by atoms with Crippen LogP contribution in [0.3, 0.4) is 0 Å². The molecule has 2 N–H and O–H groups in total. The van der Waals surface area contributed by atoms with Crippen LogP contribution in [-0.2, 0) is 4.84 Å². The monoisotopic (exact) mass is 232 g/mol. The third-order valence-electron chi connectivity index (χ3n) is 1.88. The molecule has 0 heterocycles. The van der Waals surface area contributed by atoms with Crippen LogP contribution in [-0.4, -0.2) is 24.2 Å². The zero-order valence-corrected chi connectivity index (χ0v) is 10.5. The molecule has 0 aromatic carbocycles. The summed E-state index contributed by atoms with van der Waals surface area (Å²) >= 11 is 0. The molecule has 13 heavy (non-hydrogen) atoms. The molecule has 0 fully saturated rings. The average Bonchev–Trinajstić information content (AvgIpc) is 1.99. The molecule has 0 aromatic rings. The van der Waals surface area contributed by atoms with E-state index in [1.165, 1.54) is 0 Å². The van der Waals surface area contributed by atoms with Gasteiger partial charge in [0, 0.05) is 0 Å². The Hall–Kier alpha value is 0.460. The Bertz CT molecular complexity index is 100. The highest BCUT2D eigenvalue weighted by molar-refractivity contribution is 5.85. The van der Waals surface area contributed by atoms with Gasteiger partial charge in [0.15, 0.2) is 0 Å². The average molecular weight is 233 g/mol. The molecule has 0 aliphatic heterocycles. The van der Waals surface area contributed by atoms with Crippen LogP contribution in [0.15, 0.2) is 0 Å². The molecule has 0 rings (SSSR count). The highest BCUT2D eigenvalue weighted by Gasteiger charge is 2.18. The normalized spacial score (nSPS) is 12.2. The molecule has 0 spiro atoms. The van der Waals surface area contributed by atoms with E-state index in [9.17, 15) is 0 Å². The first kappa shape index (κ1) is 19.1. The topological polar surface area (TPSA) is 38.5 Å². The SMILES string of the molecule is CCN(CC)C(ON)C(C)C.Cl.Cl. The third-order valence-corrected chi connectivity index (χ3v) is 1.88. The van der Waals surface area contributed by atoms with E-state index in [2.05, 4.69) is 32.6 Å². The Balaban J connectivity index is -0.000000500. The lowest BCUT2D eigenvalue weighted by Crippen LogP contribution is -2.42. The first-order valence-corrected chi connectivity index (χ1v) is 4.26. The lowest BCUT2D eigenvalue weighted by atomic mass is 10.1. The lowest BCUT2D eigenvalue weighted by molar-refractivity contribution is -0.0848. The number of rotatable bonds is 5. The minimum Gasteiger partial charge on any atom is -0.285 e. The van der Waals surface area contributed by atoms with Crippen molar-refractivity contribution in [1.29, 1.82) is 0 Å². The molecule has 1 atom stereocenters. The van der Waals surface area contributed by atoms with E-state index in [4.69, 9.17) is 10.7 Å². The summed E-state index contributed by atoms with van der Waals surface area (Å²) in [5, 5.41) is 0. The van der Waals surface area contributed by atoms with Crippen molar-refractivity contribution < 1.29 is 4.84 Å². The molecule has 0 aliphatic carbocycles. The van der Waals surface area contributed by atoms with Gasteiger partial charge in [-0.05, 0) is 19.0 Å². The highest BCUT2D eigenvalue weighted by Crippen LogP contribution is 2.09. The largest absolute Gasteiger partial charge is 0.285 e. The van der Waals surface area contributed by atoms with Crippen molar-refractivity contribution in [2.75, 3.05) is 13.1 Å². The zero-order chi connectivity index (χ0) is 8.85. The lowest BCUT2D eigenvalue weighted by Gasteiger charge is -2.30. The number of nitrogens with two attached hydrogens (primary N) is 1. The van der Waals surface area contributed by atoms with E-state index in [1.54, 1.807) is 0 Å². The van der Waals surface area contributed by atoms with Gasteiger partial charge in [-0.15, -0.1) is 24.8 Å². The van der Waals surface area contributed by atoms with Crippen LogP contribution in [0, 0.1) is 5.92 Å². The molecule has 0 aromatic heterocycles. The molecule has 0 saturated heterocycles. The summed E-state index contributed by atoms with van der Waals surface area (Å²) in [4.78, 5) is 7.08. The Labute approximate surface area is 93.8 Å². The molecule has 5 heteroatoms. The molecular weight excluding hydrogens is 211 g/mol. The summed E-state index contributed by atoms with van der Waals surface area (Å²) in [6, 6.07) is 0. The molecule has 0 amide bonds. The van der Waals surface area contributed by atoms with Gasteiger partial charge in [-0.25, -0.2) is 5.90 Å². The van der Waals surface area contributed by atoms with Gasteiger partial charge in [-0.2, -0.15) is 0 Å². The molecule has 84 valence electrons. The van der Waals surface area contributed by atoms with Crippen molar-refractivity contribution >= 4 is 24.8 Å². The zero-order valence-electron chi connectivity index (χ0n) is 8.82. The fraction of sp³-hybridized carbons (Fsp3) is 1.00. The minimum atomic E-state index is 0. The van der Waals surface area contributed by atoms with E-state index >= 15 is 0 Å². The summed E-state index contributed by atoms with van der Waals surface area (Å²) in [5.74, 6) is 5.63. The molecule has 0 radical (unpaired) electrons. The fourth-order valence-corrected chi connectivity index (χ4v) is 1.25. The van der Waals surface area contributed by atoms with E-state index in [0.29, 0.717) is 5.92 Å². The second-order valence-electron chi connectivity index (χ2n) is 2.99. The molecule has 0 aliphatic rings. The second kappa shape index (κ2) is 10.5. The fourth-order valence-electron chi connectivity index (χ4n) is 1.25. The van der Waals surface area contributed by atoms with Gasteiger partial charge in [-0.1, -0.05) is 27.7 Å². The number of hydrogen-bond donors (Lipinski definition) is 1. The van der Waals surface area contributed by atoms with Gasteiger partial charge in [0.1, 0.15) is 6.23 Å². The number of nitrogens with zero attached hydrogens (tertiary/aromatic N) is 1. The van der Waals surface area contributed by atoms with E-state index < -0.39 is 0 Å². The summed E-state index contributed by atoms with van der Waals surface area (Å²) in [7, 11) is 0. The van der Waals surface area contributed by atoms with Crippen molar-refractivity contribution in [2.45, 2.75) is 33.9 Å². The molecule has 0 saturated carbocycles. The summed E-state index contributed by atoms with van der Waals surface area (Å²) < 4.78 is 0. The van der Waals surface area contributed by atoms with Crippen LogP contribution in [0.2, 0.25) is 0 Å². The Morgan fingerprint density at radius 3 is 1.62 bits per heavy atom. The Kier molecular flexibility index (Phi) is 15.5. The van der Waals surface area contributed by atoms with Gasteiger partial charge in [-0.3, -0.25) is 9.74 Å². The van der Waals surface area contributed by atoms with Crippen LogP contribution in [0.5, 0.6) is 0 Å². The smallest absolute Gasteiger partial charge is 0.134 e. The number of hydrogen-bond acceptors (Lipinski definition) is 3. The van der Waals surface area contributed by atoms with E-state index in [-0.39, 0.29) is 31.0 Å². The second-order valence-corrected chi connectivity index (χ2v) is 2.99. The van der Waals surface area contributed by atoms with Gasteiger partial charge >= 0.3 is 0 Å². The van der Waals surface area contributed by atoms with E-state index in [0.717, 1.165) is 13.1 Å². The maximum atomic E-state index is 5.18. The predicted octanol–water partition coefficient (Wildman–Crippen LogP) is 2.04. The van der Waals surface area contributed by atoms with Gasteiger partial charge in [0.05, 0.1) is 0 Å². The third kappa shape index (κ3) is 6.52. The maximum Gasteiger partial charge on any atom is 0.134 e. The molecule has 0 bridgehead atoms. The van der Waals surface area contributed by atoms with Crippen molar-refractivity contribution in [2.24, 2.45) is 11.8 Å². The number of halogens is 2. The van der Waals surface area contributed by atoms with Crippen LogP contribution in [0.25, 0.3) is 0 Å². The van der Waals surface area contributed by atoms with Crippen LogP contribution in [0.4, 0.5) is 0 Å². The quantitative estimate of drug-likeness (QED) is 0.583. The molecule has 1 unspecified atom stereocenters. The first-order chi connectivity index (χ1) is 5.17. The first-order valence-electron chi connectivity index (χ1n) is 4.26. The van der Waals surface area contributed by atoms with Crippen molar-refractivity contribution in [3.63, 3.8) is 0 Å². The molecular formula is C8H22Cl2N2O. The van der Waals surface area contributed by atoms with Crippen LogP contribution in [0.1, 0.15) is 27.7 Å². The maximum absolute atomic E-state index is 5.18. The summed E-state index contributed by atoms with van der Waals surface area (Å²) in [6.07, 6.45) is 0.0602. The Morgan fingerprint density at radius 1 is 1.15 bits per heavy atom. The standard InChI is InChI=1S/C8H20N2O.2ClH/c1-5-10(6-2)8(11-9)7(3)4;;/h7-8H,5-6,9H2,1-4H3;2*1H. The minimum absolute atomic E-state index is 0. The van der Waals surface area contributed by atoms with Gasteiger partial charge in [0.2, 0.25) is 0 Å². The van der Waals surface area contributed by atoms with Crippen molar-refractivity contribution in [3.05, 3.63) is 0 Å². The van der Waals surface area contributed by atoms with Crippen molar-refractivity contribution in [3.8, 4) is 0 Å². The Morgan fingerprint density at radius 2 is 1.54 bits per heavy atom. The van der Waals surface area contributed by atoms with Gasteiger partial charge in [0.25, 0.3) is 0 Å². The van der Waals surface area contributed by atoms with Crippen LogP contribution < -0.4 is 5.90 Å². The van der Waals surface area contributed by atoms with Gasteiger partial charge < -0.3 is 0 Å². The highest BCUT2D eigenvalue weighted by atomic mass is 35.5. The summed E-state index contributed by atoms with van der Waals surface area (Å²) in [5.41, 5.74) is 0. The van der Waals surface area contributed by atoms with E-state index in [1.807, 2.05) is 0 Å². The molecule has 3 nitrogen and oxygen atoms in total. The van der Waals surface area contributed by atoms with Crippen molar-refractivity contribution in [1.82, 2.24) is 4.90 Å². The predicted molar refractivity (Wildman–Crippen MR) is 61.3 cm³/mol.